The smallest absolute Gasteiger partial charge is 0.0685 e. The second-order valence-corrected chi connectivity index (χ2v) is 3.07. The maximum absolute atomic E-state index is 9.10. The van der Waals surface area contributed by atoms with E-state index in [1.165, 1.54) is 0 Å². The molecule has 0 aliphatic carbocycles. The largest absolute Gasteiger partial charge is 0.392 e. The van der Waals surface area contributed by atoms with Crippen LogP contribution in [0.4, 0.5) is 0 Å². The van der Waals surface area contributed by atoms with Crippen LogP contribution in [-0.4, -0.2) is 5.11 Å². The highest BCUT2D eigenvalue weighted by Gasteiger charge is 2.09. The molecule has 3 N–H and O–H groups in total. The number of aliphatic hydroxyl groups is 1. The van der Waals surface area contributed by atoms with Crippen molar-refractivity contribution in [2.45, 2.75) is 19.6 Å². The van der Waals surface area contributed by atoms with Gasteiger partial charge in [-0.2, -0.15) is 0 Å². The third-order valence-electron chi connectivity index (χ3n) is 2.17. The molecule has 0 saturated carbocycles. The van der Waals surface area contributed by atoms with Crippen LogP contribution in [0.1, 0.15) is 22.7 Å². The Morgan fingerprint density at radius 1 is 1.62 bits per heavy atom. The zero-order valence-electron chi connectivity index (χ0n) is 7.83. The molecule has 0 aromatic heterocycles. The summed E-state index contributed by atoms with van der Waals surface area (Å²) in [4.78, 5) is 0. The highest BCUT2D eigenvalue weighted by atomic mass is 16.3. The van der Waals surface area contributed by atoms with Crippen LogP contribution in [0.5, 0.6) is 0 Å². The van der Waals surface area contributed by atoms with Crippen molar-refractivity contribution in [3.05, 3.63) is 47.5 Å². The molecule has 0 heterocycles. The highest BCUT2D eigenvalue weighted by molar-refractivity contribution is 5.38. The van der Waals surface area contributed by atoms with Crippen LogP contribution >= 0.6 is 0 Å². The third kappa shape index (κ3) is 1.97. The minimum Gasteiger partial charge on any atom is -0.392 e. The molecular formula is C11H15NO. The summed E-state index contributed by atoms with van der Waals surface area (Å²) in [7, 11) is 0. The lowest BCUT2D eigenvalue weighted by molar-refractivity contribution is 0.280. The maximum atomic E-state index is 9.10. The third-order valence-corrected chi connectivity index (χ3v) is 2.17. The van der Waals surface area contributed by atoms with E-state index in [1.54, 1.807) is 6.08 Å². The van der Waals surface area contributed by atoms with E-state index in [1.807, 2.05) is 25.1 Å². The van der Waals surface area contributed by atoms with E-state index in [0.29, 0.717) is 0 Å². The molecule has 2 heteroatoms. The van der Waals surface area contributed by atoms with E-state index in [0.717, 1.165) is 16.7 Å². The Balaban J connectivity index is 3.22. The molecular weight excluding hydrogens is 162 g/mol. The number of nitrogens with two attached hydrogens (primary N) is 1. The molecule has 0 saturated heterocycles. The first-order chi connectivity index (χ1) is 6.20. The van der Waals surface area contributed by atoms with E-state index in [4.69, 9.17) is 10.8 Å². The molecule has 0 fully saturated rings. The van der Waals surface area contributed by atoms with Gasteiger partial charge >= 0.3 is 0 Å². The van der Waals surface area contributed by atoms with E-state index >= 15 is 0 Å². The molecule has 0 bridgehead atoms. The molecule has 0 aliphatic heterocycles. The Hall–Kier alpha value is -1.12. The average molecular weight is 177 g/mol. The SMILES string of the molecule is C=CC(N)c1c(C)cccc1CO. The van der Waals surface area contributed by atoms with Gasteiger partial charge in [0, 0.05) is 6.04 Å². The molecule has 13 heavy (non-hydrogen) atoms. The first-order valence-corrected chi connectivity index (χ1v) is 4.28. The lowest BCUT2D eigenvalue weighted by Crippen LogP contribution is -2.11. The molecule has 1 rings (SSSR count). The summed E-state index contributed by atoms with van der Waals surface area (Å²) in [6, 6.07) is 5.59. The van der Waals surface area contributed by atoms with E-state index in [9.17, 15) is 0 Å². The Morgan fingerprint density at radius 3 is 2.85 bits per heavy atom. The van der Waals surface area contributed by atoms with Gasteiger partial charge in [0.2, 0.25) is 0 Å². The Labute approximate surface area is 78.7 Å². The van der Waals surface area contributed by atoms with E-state index < -0.39 is 0 Å². The Kier molecular flexibility index (Phi) is 3.23. The minimum atomic E-state index is -0.191. The van der Waals surface area contributed by atoms with Crippen molar-refractivity contribution in [3.63, 3.8) is 0 Å². The van der Waals surface area contributed by atoms with Crippen molar-refractivity contribution < 1.29 is 5.11 Å². The fraction of sp³-hybridized carbons (Fsp3) is 0.273. The van der Waals surface area contributed by atoms with Gasteiger partial charge in [0.05, 0.1) is 6.61 Å². The summed E-state index contributed by atoms with van der Waals surface area (Å²) < 4.78 is 0. The van der Waals surface area contributed by atoms with Gasteiger partial charge in [-0.25, -0.2) is 0 Å². The van der Waals surface area contributed by atoms with Gasteiger partial charge in [-0.1, -0.05) is 24.3 Å². The minimum absolute atomic E-state index is 0.0263. The zero-order chi connectivity index (χ0) is 9.84. The number of hydrogen-bond acceptors (Lipinski definition) is 2. The van der Waals surface area contributed by atoms with E-state index in [2.05, 4.69) is 6.58 Å². The van der Waals surface area contributed by atoms with Crippen molar-refractivity contribution in [3.8, 4) is 0 Å². The predicted octanol–water partition coefficient (Wildman–Crippen LogP) is 1.67. The van der Waals surface area contributed by atoms with Crippen LogP contribution in [0.25, 0.3) is 0 Å². The van der Waals surface area contributed by atoms with Crippen molar-refractivity contribution >= 4 is 0 Å². The number of aliphatic hydroxyl groups excluding tert-OH is 1. The molecule has 1 aromatic rings. The van der Waals surface area contributed by atoms with Gasteiger partial charge in [-0.15, -0.1) is 6.58 Å². The van der Waals surface area contributed by atoms with Gasteiger partial charge in [0.15, 0.2) is 0 Å². The first-order valence-electron chi connectivity index (χ1n) is 4.28. The van der Waals surface area contributed by atoms with Gasteiger partial charge in [0.25, 0.3) is 0 Å². The zero-order valence-corrected chi connectivity index (χ0v) is 7.83. The molecule has 1 unspecified atom stereocenters. The van der Waals surface area contributed by atoms with Crippen LogP contribution in [0.15, 0.2) is 30.9 Å². The molecule has 0 radical (unpaired) electrons. The summed E-state index contributed by atoms with van der Waals surface area (Å²) in [5.41, 5.74) is 8.81. The van der Waals surface area contributed by atoms with Crippen LogP contribution < -0.4 is 5.73 Å². The van der Waals surface area contributed by atoms with Crippen LogP contribution in [0.3, 0.4) is 0 Å². The number of aryl methyl sites for hydroxylation is 1. The number of rotatable bonds is 3. The molecule has 2 nitrogen and oxygen atoms in total. The van der Waals surface area contributed by atoms with Crippen molar-refractivity contribution in [1.82, 2.24) is 0 Å². The monoisotopic (exact) mass is 177 g/mol. The molecule has 0 amide bonds. The molecule has 0 spiro atoms. The Morgan fingerprint density at radius 2 is 2.31 bits per heavy atom. The summed E-state index contributed by atoms with van der Waals surface area (Å²) in [5, 5.41) is 9.10. The quantitative estimate of drug-likeness (QED) is 0.690. The summed E-state index contributed by atoms with van der Waals surface area (Å²) >= 11 is 0. The molecule has 1 atom stereocenters. The average Bonchev–Trinajstić information content (AvgIpc) is 2.16. The van der Waals surface area contributed by atoms with Gasteiger partial charge in [-0.05, 0) is 23.6 Å². The summed E-state index contributed by atoms with van der Waals surface area (Å²) in [6.07, 6.45) is 1.68. The van der Waals surface area contributed by atoms with Crippen molar-refractivity contribution in [2.75, 3.05) is 0 Å². The second-order valence-electron chi connectivity index (χ2n) is 3.07. The topological polar surface area (TPSA) is 46.2 Å². The van der Waals surface area contributed by atoms with E-state index in [-0.39, 0.29) is 12.6 Å². The summed E-state index contributed by atoms with van der Waals surface area (Å²) in [5.74, 6) is 0. The van der Waals surface area contributed by atoms with Gasteiger partial charge in [-0.3, -0.25) is 0 Å². The lowest BCUT2D eigenvalue weighted by Gasteiger charge is -2.14. The highest BCUT2D eigenvalue weighted by Crippen LogP contribution is 2.21. The van der Waals surface area contributed by atoms with Crippen LogP contribution in [0.2, 0.25) is 0 Å². The number of hydrogen-bond donors (Lipinski definition) is 2. The fourth-order valence-electron chi connectivity index (χ4n) is 1.47. The summed E-state index contributed by atoms with van der Waals surface area (Å²) in [6.45, 7) is 5.66. The maximum Gasteiger partial charge on any atom is 0.0685 e. The lowest BCUT2D eigenvalue weighted by atomic mass is 9.96. The van der Waals surface area contributed by atoms with Gasteiger partial charge < -0.3 is 10.8 Å². The second kappa shape index (κ2) is 4.21. The molecule has 70 valence electrons. The van der Waals surface area contributed by atoms with Gasteiger partial charge in [0.1, 0.15) is 0 Å². The van der Waals surface area contributed by atoms with Crippen molar-refractivity contribution in [1.29, 1.82) is 0 Å². The first kappa shape index (κ1) is 9.96. The number of benzene rings is 1. The normalized spacial score (nSPS) is 12.5. The fourth-order valence-corrected chi connectivity index (χ4v) is 1.47. The van der Waals surface area contributed by atoms with Crippen molar-refractivity contribution in [2.24, 2.45) is 5.73 Å². The van der Waals surface area contributed by atoms with Crippen LogP contribution in [0, 0.1) is 6.92 Å². The standard InChI is InChI=1S/C11H15NO/c1-3-10(12)11-8(2)5-4-6-9(11)7-13/h3-6,10,13H,1,7,12H2,2H3. The molecule has 0 aliphatic rings. The predicted molar refractivity (Wildman–Crippen MR) is 54.2 cm³/mol. The Bertz CT molecular complexity index is 307. The van der Waals surface area contributed by atoms with Crippen LogP contribution in [-0.2, 0) is 6.61 Å². The molecule has 1 aromatic carbocycles.